The van der Waals surface area contributed by atoms with Crippen LogP contribution < -0.4 is 10.6 Å². The molecule has 0 radical (unpaired) electrons. The molecule has 3 N–H and O–H groups in total. The Hall–Kier alpha value is -2.11. The van der Waals surface area contributed by atoms with Gasteiger partial charge in [-0.3, -0.25) is 0 Å². The Labute approximate surface area is 123 Å². The maximum atomic E-state index is 13.0. The minimum absolute atomic E-state index is 0.158. The van der Waals surface area contributed by atoms with Gasteiger partial charge in [-0.15, -0.1) is 0 Å². The summed E-state index contributed by atoms with van der Waals surface area (Å²) in [6.07, 6.45) is 0.359. The SMILES string of the molecule is Cc1cc(F)ccc1CNC(=O)NC(CC(C)C)C(=O)O. The van der Waals surface area contributed by atoms with E-state index >= 15 is 0 Å². The summed E-state index contributed by atoms with van der Waals surface area (Å²) in [6.45, 7) is 5.73. The number of halogens is 1. The zero-order valence-electron chi connectivity index (χ0n) is 12.4. The van der Waals surface area contributed by atoms with Crippen LogP contribution >= 0.6 is 0 Å². The van der Waals surface area contributed by atoms with Crippen LogP contribution in [0.3, 0.4) is 0 Å². The number of carbonyl (C=O) groups is 2. The lowest BCUT2D eigenvalue weighted by atomic mass is 10.0. The Morgan fingerprint density at radius 2 is 2.00 bits per heavy atom. The molecule has 1 aromatic rings. The molecule has 0 saturated heterocycles. The zero-order chi connectivity index (χ0) is 16.0. The minimum atomic E-state index is -1.06. The molecule has 5 nitrogen and oxygen atoms in total. The topological polar surface area (TPSA) is 78.4 Å². The largest absolute Gasteiger partial charge is 0.480 e. The van der Waals surface area contributed by atoms with Crippen molar-refractivity contribution in [1.82, 2.24) is 10.6 Å². The summed E-state index contributed by atoms with van der Waals surface area (Å²) in [5.74, 6) is -1.23. The van der Waals surface area contributed by atoms with Gasteiger partial charge in [0.25, 0.3) is 0 Å². The van der Waals surface area contributed by atoms with E-state index in [1.54, 1.807) is 13.0 Å². The smallest absolute Gasteiger partial charge is 0.326 e. The fourth-order valence-corrected chi connectivity index (χ4v) is 1.94. The number of amides is 2. The highest BCUT2D eigenvalue weighted by Gasteiger charge is 2.20. The molecule has 0 saturated carbocycles. The standard InChI is InChI=1S/C15H21FN2O3/c1-9(2)6-13(14(19)20)18-15(21)17-8-11-4-5-12(16)7-10(11)3/h4-5,7,9,13H,6,8H2,1-3H3,(H,19,20)(H2,17,18,21). The molecular formula is C15H21FN2O3. The molecule has 0 heterocycles. The van der Waals surface area contributed by atoms with Crippen LogP contribution in [-0.4, -0.2) is 23.1 Å². The van der Waals surface area contributed by atoms with E-state index < -0.39 is 18.0 Å². The fourth-order valence-electron chi connectivity index (χ4n) is 1.94. The number of aryl methyl sites for hydroxylation is 1. The highest BCUT2D eigenvalue weighted by Crippen LogP contribution is 2.10. The van der Waals surface area contributed by atoms with Crippen molar-refractivity contribution in [1.29, 1.82) is 0 Å². The number of nitrogens with one attached hydrogen (secondary N) is 2. The average Bonchev–Trinajstić information content (AvgIpc) is 2.36. The predicted octanol–water partition coefficient (Wildman–Crippen LogP) is 2.43. The lowest BCUT2D eigenvalue weighted by molar-refractivity contribution is -0.139. The monoisotopic (exact) mass is 296 g/mol. The summed E-state index contributed by atoms with van der Waals surface area (Å²) >= 11 is 0. The normalized spacial score (nSPS) is 12.0. The van der Waals surface area contributed by atoms with Crippen LogP contribution in [0.2, 0.25) is 0 Å². The molecule has 0 aliphatic carbocycles. The van der Waals surface area contributed by atoms with Crippen molar-refractivity contribution in [3.8, 4) is 0 Å². The van der Waals surface area contributed by atoms with Crippen molar-refractivity contribution in [2.75, 3.05) is 0 Å². The number of rotatable bonds is 6. The molecule has 1 aromatic carbocycles. The highest BCUT2D eigenvalue weighted by atomic mass is 19.1. The van der Waals surface area contributed by atoms with Gasteiger partial charge in [0, 0.05) is 6.54 Å². The number of carbonyl (C=O) groups excluding carboxylic acids is 1. The van der Waals surface area contributed by atoms with Gasteiger partial charge in [-0.1, -0.05) is 19.9 Å². The number of hydrogen-bond donors (Lipinski definition) is 3. The Bertz CT molecular complexity index is 518. The molecular weight excluding hydrogens is 275 g/mol. The Morgan fingerprint density at radius 1 is 1.33 bits per heavy atom. The van der Waals surface area contributed by atoms with Crippen molar-refractivity contribution in [2.45, 2.75) is 39.8 Å². The molecule has 0 aliphatic rings. The fraction of sp³-hybridized carbons (Fsp3) is 0.467. The third-order valence-electron chi connectivity index (χ3n) is 3.05. The van der Waals surface area contributed by atoms with Crippen molar-refractivity contribution in [3.63, 3.8) is 0 Å². The van der Waals surface area contributed by atoms with Gasteiger partial charge in [0.2, 0.25) is 0 Å². The van der Waals surface area contributed by atoms with Gasteiger partial charge in [0.1, 0.15) is 11.9 Å². The van der Waals surface area contributed by atoms with Gasteiger partial charge in [0.05, 0.1) is 0 Å². The van der Waals surface area contributed by atoms with E-state index in [4.69, 9.17) is 5.11 Å². The van der Waals surface area contributed by atoms with Crippen molar-refractivity contribution in [2.24, 2.45) is 5.92 Å². The first-order valence-corrected chi connectivity index (χ1v) is 6.81. The van der Waals surface area contributed by atoms with Crippen LogP contribution in [0, 0.1) is 18.7 Å². The first-order valence-electron chi connectivity index (χ1n) is 6.81. The summed E-state index contributed by atoms with van der Waals surface area (Å²) in [6, 6.07) is 2.83. The van der Waals surface area contributed by atoms with Crippen LogP contribution in [0.4, 0.5) is 9.18 Å². The first kappa shape index (κ1) is 16.9. The Balaban J connectivity index is 2.54. The third kappa shape index (κ3) is 5.81. The van der Waals surface area contributed by atoms with E-state index in [9.17, 15) is 14.0 Å². The van der Waals surface area contributed by atoms with E-state index in [1.807, 2.05) is 13.8 Å². The minimum Gasteiger partial charge on any atom is -0.480 e. The second-order valence-electron chi connectivity index (χ2n) is 5.42. The molecule has 6 heteroatoms. The second kappa shape index (κ2) is 7.61. The molecule has 0 bridgehead atoms. The molecule has 0 aliphatic heterocycles. The van der Waals surface area contributed by atoms with Crippen LogP contribution in [0.15, 0.2) is 18.2 Å². The van der Waals surface area contributed by atoms with E-state index in [1.165, 1.54) is 12.1 Å². The third-order valence-corrected chi connectivity index (χ3v) is 3.05. The number of carboxylic acid groups (broad SMARTS) is 1. The van der Waals surface area contributed by atoms with Gasteiger partial charge in [-0.2, -0.15) is 0 Å². The lowest BCUT2D eigenvalue weighted by Gasteiger charge is -2.17. The van der Waals surface area contributed by atoms with Gasteiger partial charge < -0.3 is 15.7 Å². The molecule has 21 heavy (non-hydrogen) atoms. The number of benzene rings is 1. The zero-order valence-corrected chi connectivity index (χ0v) is 12.4. The van der Waals surface area contributed by atoms with E-state index in [0.717, 1.165) is 11.1 Å². The first-order chi connectivity index (χ1) is 9.79. The number of hydrogen-bond acceptors (Lipinski definition) is 2. The molecule has 1 atom stereocenters. The summed E-state index contributed by atoms with van der Waals surface area (Å²) < 4.78 is 13.0. The Kier molecular flexibility index (Phi) is 6.14. The second-order valence-corrected chi connectivity index (χ2v) is 5.42. The van der Waals surface area contributed by atoms with E-state index in [2.05, 4.69) is 10.6 Å². The van der Waals surface area contributed by atoms with Gasteiger partial charge in [-0.25, -0.2) is 14.0 Å². The lowest BCUT2D eigenvalue weighted by Crippen LogP contribution is -2.46. The Morgan fingerprint density at radius 3 is 2.52 bits per heavy atom. The van der Waals surface area contributed by atoms with Crippen molar-refractivity contribution < 1.29 is 19.1 Å². The number of carboxylic acids is 1. The average molecular weight is 296 g/mol. The molecule has 116 valence electrons. The highest BCUT2D eigenvalue weighted by molar-refractivity contribution is 5.82. The van der Waals surface area contributed by atoms with E-state index in [0.29, 0.717) is 6.42 Å². The molecule has 2 amide bonds. The molecule has 1 rings (SSSR count). The summed E-state index contributed by atoms with van der Waals surface area (Å²) in [5.41, 5.74) is 1.51. The summed E-state index contributed by atoms with van der Waals surface area (Å²) in [7, 11) is 0. The molecule has 0 fully saturated rings. The maximum absolute atomic E-state index is 13.0. The van der Waals surface area contributed by atoms with Crippen LogP contribution in [0.1, 0.15) is 31.4 Å². The van der Waals surface area contributed by atoms with Crippen LogP contribution in [-0.2, 0) is 11.3 Å². The van der Waals surface area contributed by atoms with Crippen LogP contribution in [0.5, 0.6) is 0 Å². The van der Waals surface area contributed by atoms with Gasteiger partial charge >= 0.3 is 12.0 Å². The quantitative estimate of drug-likeness (QED) is 0.754. The molecule has 0 aromatic heterocycles. The number of urea groups is 1. The summed E-state index contributed by atoms with van der Waals surface area (Å²) in [5, 5.41) is 14.1. The maximum Gasteiger partial charge on any atom is 0.326 e. The van der Waals surface area contributed by atoms with Crippen LogP contribution in [0.25, 0.3) is 0 Å². The predicted molar refractivity (Wildman–Crippen MR) is 77.4 cm³/mol. The van der Waals surface area contributed by atoms with E-state index in [-0.39, 0.29) is 18.3 Å². The molecule has 1 unspecified atom stereocenters. The van der Waals surface area contributed by atoms with Crippen molar-refractivity contribution >= 4 is 12.0 Å². The molecule has 0 spiro atoms. The summed E-state index contributed by atoms with van der Waals surface area (Å²) in [4.78, 5) is 22.8. The number of aliphatic carboxylic acids is 1. The van der Waals surface area contributed by atoms with Gasteiger partial charge in [0.15, 0.2) is 0 Å². The van der Waals surface area contributed by atoms with Gasteiger partial charge in [-0.05, 0) is 42.5 Å². The van der Waals surface area contributed by atoms with Crippen molar-refractivity contribution in [3.05, 3.63) is 35.1 Å².